The average molecular weight is 808 g/mol. The molecule has 0 saturated carbocycles. The van der Waals surface area contributed by atoms with E-state index in [1.54, 1.807) is 0 Å². The number of hydrogen-bond acceptors (Lipinski definition) is 5. The van der Waals surface area contributed by atoms with E-state index in [9.17, 15) is 19.8 Å². The molecule has 0 aliphatic carbocycles. The van der Waals surface area contributed by atoms with Gasteiger partial charge < -0.3 is 20.3 Å². The first kappa shape index (κ1) is 55.9. The second kappa shape index (κ2) is 45.9. The summed E-state index contributed by atoms with van der Waals surface area (Å²) in [7, 11) is 0. The van der Waals surface area contributed by atoms with Crippen LogP contribution >= 0.6 is 0 Å². The number of carbonyl (C=O) groups excluding carboxylic acids is 2. The standard InChI is InChI=1S/C51H101NO5/c1-4-7-10-13-16-19-21-22-23-24-25-26-27-29-32-35-38-41-44-51(56)57-47(42-39-36-33-31-28-20-17-14-11-8-5-2)45-50(55)52-48(46-53)49(54)43-40-37-34-30-18-15-12-9-6-3/h47-49,53-54H,4-46H2,1-3H3,(H,52,55). The van der Waals surface area contributed by atoms with Crippen molar-refractivity contribution in [1.82, 2.24) is 5.32 Å². The molecule has 0 spiro atoms. The van der Waals surface area contributed by atoms with Crippen LogP contribution in [-0.4, -0.2) is 46.9 Å². The molecule has 0 radical (unpaired) electrons. The van der Waals surface area contributed by atoms with E-state index in [-0.39, 0.29) is 24.9 Å². The molecule has 0 aromatic carbocycles. The molecule has 0 aliphatic rings. The zero-order chi connectivity index (χ0) is 41.7. The summed E-state index contributed by atoms with van der Waals surface area (Å²) in [6.45, 7) is 6.49. The second-order valence-corrected chi connectivity index (χ2v) is 17.9. The third-order valence-electron chi connectivity index (χ3n) is 12.2. The lowest BCUT2D eigenvalue weighted by atomic mass is 10.0. The Bertz CT molecular complexity index is 821. The number of amides is 1. The Balaban J connectivity index is 4.42. The van der Waals surface area contributed by atoms with Crippen molar-refractivity contribution in [2.24, 2.45) is 0 Å². The smallest absolute Gasteiger partial charge is 0.306 e. The Morgan fingerprint density at radius 3 is 1.07 bits per heavy atom. The largest absolute Gasteiger partial charge is 0.462 e. The van der Waals surface area contributed by atoms with E-state index in [1.165, 1.54) is 205 Å². The highest BCUT2D eigenvalue weighted by molar-refractivity contribution is 5.77. The van der Waals surface area contributed by atoms with E-state index < -0.39 is 18.2 Å². The Morgan fingerprint density at radius 2 is 0.737 bits per heavy atom. The molecule has 0 saturated heterocycles. The molecule has 57 heavy (non-hydrogen) atoms. The van der Waals surface area contributed by atoms with E-state index in [4.69, 9.17) is 4.74 Å². The van der Waals surface area contributed by atoms with Gasteiger partial charge in [0.1, 0.15) is 6.10 Å². The predicted molar refractivity (Wildman–Crippen MR) is 246 cm³/mol. The summed E-state index contributed by atoms with van der Waals surface area (Å²) in [5.41, 5.74) is 0. The van der Waals surface area contributed by atoms with Gasteiger partial charge in [0.2, 0.25) is 5.91 Å². The molecule has 0 aliphatic heterocycles. The maximum absolute atomic E-state index is 13.1. The van der Waals surface area contributed by atoms with Crippen LogP contribution < -0.4 is 5.32 Å². The molecule has 0 bridgehead atoms. The first-order valence-electron chi connectivity index (χ1n) is 25.8. The van der Waals surface area contributed by atoms with Crippen LogP contribution in [0.25, 0.3) is 0 Å². The van der Waals surface area contributed by atoms with Gasteiger partial charge in [0.05, 0.1) is 25.2 Å². The SMILES string of the molecule is CCCCCCCCCCCCCCCCCCCCC(=O)OC(CCCCCCCCCCCCC)CC(=O)NC(CO)C(O)CCCCCCCCCCC. The lowest BCUT2D eigenvalue weighted by Crippen LogP contribution is -2.46. The summed E-state index contributed by atoms with van der Waals surface area (Å²) in [4.78, 5) is 26.1. The van der Waals surface area contributed by atoms with Gasteiger partial charge in [-0.15, -0.1) is 0 Å². The number of unbranched alkanes of at least 4 members (excludes halogenated alkanes) is 35. The molecule has 6 nitrogen and oxygen atoms in total. The van der Waals surface area contributed by atoms with Crippen LogP contribution in [0.2, 0.25) is 0 Å². The molecule has 6 heteroatoms. The van der Waals surface area contributed by atoms with Crippen molar-refractivity contribution >= 4 is 11.9 Å². The lowest BCUT2D eigenvalue weighted by molar-refractivity contribution is -0.151. The first-order chi connectivity index (χ1) is 28.0. The molecule has 0 aromatic rings. The topological polar surface area (TPSA) is 95.9 Å². The van der Waals surface area contributed by atoms with Crippen LogP contribution in [0.5, 0.6) is 0 Å². The van der Waals surface area contributed by atoms with E-state index in [0.29, 0.717) is 19.3 Å². The lowest BCUT2D eigenvalue weighted by Gasteiger charge is -2.24. The van der Waals surface area contributed by atoms with Crippen LogP contribution in [0.3, 0.4) is 0 Å². The number of carbonyl (C=O) groups is 2. The number of rotatable bonds is 47. The Morgan fingerprint density at radius 1 is 0.439 bits per heavy atom. The zero-order valence-corrected chi connectivity index (χ0v) is 38.8. The molecule has 0 aromatic heterocycles. The fourth-order valence-corrected chi connectivity index (χ4v) is 8.26. The van der Waals surface area contributed by atoms with E-state index in [2.05, 4.69) is 26.1 Å². The second-order valence-electron chi connectivity index (χ2n) is 17.9. The van der Waals surface area contributed by atoms with Gasteiger partial charge in [0.25, 0.3) is 0 Å². The van der Waals surface area contributed by atoms with Crippen molar-refractivity contribution in [2.75, 3.05) is 6.61 Å². The van der Waals surface area contributed by atoms with Crippen molar-refractivity contribution in [3.63, 3.8) is 0 Å². The minimum Gasteiger partial charge on any atom is -0.462 e. The number of aliphatic hydroxyl groups is 2. The van der Waals surface area contributed by atoms with Gasteiger partial charge in [0, 0.05) is 6.42 Å². The van der Waals surface area contributed by atoms with Gasteiger partial charge in [0.15, 0.2) is 0 Å². The number of hydrogen-bond donors (Lipinski definition) is 3. The molecule has 3 unspecified atom stereocenters. The van der Waals surface area contributed by atoms with Crippen molar-refractivity contribution in [3.8, 4) is 0 Å². The Hall–Kier alpha value is -1.14. The van der Waals surface area contributed by atoms with E-state index in [1.807, 2.05) is 0 Å². The predicted octanol–water partition coefficient (Wildman–Crippen LogP) is 15.2. The average Bonchev–Trinajstić information content (AvgIpc) is 3.20. The molecular formula is C51H101NO5. The molecule has 3 N–H and O–H groups in total. The quantitative estimate of drug-likeness (QED) is 0.0420. The number of aliphatic hydroxyl groups excluding tert-OH is 2. The fraction of sp³-hybridized carbons (Fsp3) is 0.961. The summed E-state index contributed by atoms with van der Waals surface area (Å²) in [5.74, 6) is -0.453. The summed E-state index contributed by atoms with van der Waals surface area (Å²) in [6.07, 6.45) is 48.9. The van der Waals surface area contributed by atoms with Gasteiger partial charge >= 0.3 is 5.97 Å². The maximum atomic E-state index is 13.1. The molecule has 0 fully saturated rings. The highest BCUT2D eigenvalue weighted by Crippen LogP contribution is 2.19. The highest BCUT2D eigenvalue weighted by Gasteiger charge is 2.24. The summed E-state index contributed by atoms with van der Waals surface area (Å²) >= 11 is 0. The minimum atomic E-state index is -0.777. The van der Waals surface area contributed by atoms with Gasteiger partial charge in [-0.05, 0) is 25.7 Å². The molecule has 0 heterocycles. The van der Waals surface area contributed by atoms with Gasteiger partial charge in [-0.3, -0.25) is 9.59 Å². The van der Waals surface area contributed by atoms with Crippen molar-refractivity contribution in [3.05, 3.63) is 0 Å². The number of nitrogens with one attached hydrogen (secondary N) is 1. The number of ether oxygens (including phenoxy) is 1. The number of esters is 1. The van der Waals surface area contributed by atoms with Gasteiger partial charge in [-0.25, -0.2) is 0 Å². The minimum absolute atomic E-state index is 0.0872. The Kier molecular flexibility index (Phi) is 45.0. The monoisotopic (exact) mass is 808 g/mol. The fourth-order valence-electron chi connectivity index (χ4n) is 8.26. The van der Waals surface area contributed by atoms with Crippen molar-refractivity contribution < 1.29 is 24.5 Å². The van der Waals surface area contributed by atoms with Crippen molar-refractivity contribution in [1.29, 1.82) is 0 Å². The Labute approximate surface area is 356 Å². The third kappa shape index (κ3) is 41.4. The molecule has 3 atom stereocenters. The van der Waals surface area contributed by atoms with Gasteiger partial charge in [-0.2, -0.15) is 0 Å². The van der Waals surface area contributed by atoms with Crippen LogP contribution in [0.1, 0.15) is 290 Å². The molecular weight excluding hydrogens is 707 g/mol. The molecule has 340 valence electrons. The summed E-state index contributed by atoms with van der Waals surface area (Å²) in [5, 5.41) is 23.6. The highest BCUT2D eigenvalue weighted by atomic mass is 16.5. The van der Waals surface area contributed by atoms with Crippen LogP contribution in [0.4, 0.5) is 0 Å². The summed E-state index contributed by atoms with van der Waals surface area (Å²) in [6, 6.07) is -0.690. The third-order valence-corrected chi connectivity index (χ3v) is 12.2. The maximum Gasteiger partial charge on any atom is 0.306 e. The summed E-state index contributed by atoms with van der Waals surface area (Å²) < 4.78 is 5.93. The zero-order valence-electron chi connectivity index (χ0n) is 38.8. The van der Waals surface area contributed by atoms with Crippen LogP contribution in [0, 0.1) is 0 Å². The van der Waals surface area contributed by atoms with E-state index >= 15 is 0 Å². The van der Waals surface area contributed by atoms with Crippen LogP contribution in [0.15, 0.2) is 0 Å². The normalized spacial score (nSPS) is 13.1. The first-order valence-corrected chi connectivity index (χ1v) is 25.8. The van der Waals surface area contributed by atoms with E-state index in [0.717, 1.165) is 38.5 Å². The van der Waals surface area contributed by atoms with Crippen LogP contribution in [-0.2, 0) is 14.3 Å². The van der Waals surface area contributed by atoms with Gasteiger partial charge in [-0.1, -0.05) is 252 Å². The molecule has 1 amide bonds. The van der Waals surface area contributed by atoms with Crippen molar-refractivity contribution in [2.45, 2.75) is 309 Å². The molecule has 0 rings (SSSR count).